The minimum absolute atomic E-state index is 0.170. The van der Waals surface area contributed by atoms with Gasteiger partial charge in [-0.15, -0.1) is 11.3 Å². The van der Waals surface area contributed by atoms with E-state index < -0.39 is 5.97 Å². The highest BCUT2D eigenvalue weighted by molar-refractivity contribution is 14.1. The highest BCUT2D eigenvalue weighted by Crippen LogP contribution is 2.20. The maximum atomic E-state index is 12.0. The summed E-state index contributed by atoms with van der Waals surface area (Å²) < 4.78 is 10.8. The van der Waals surface area contributed by atoms with Gasteiger partial charge in [-0.3, -0.25) is 4.79 Å². The Morgan fingerprint density at radius 2 is 2.14 bits per heavy atom. The average Bonchev–Trinajstić information content (AvgIpc) is 2.92. The molecule has 0 fully saturated rings. The molecule has 1 aromatic carbocycles. The number of amides is 1. The first-order valence-electron chi connectivity index (χ1n) is 5.93. The van der Waals surface area contributed by atoms with Gasteiger partial charge in [0.2, 0.25) is 0 Å². The standard InChI is InChI=1S/C14H12INO4S/c1-19-13(17)7-20-11-4-2-3-10(6-11)16-14(18)9-5-12(15)21-8-9/h2-6,8H,7H2,1H3,(H,16,18). The molecule has 21 heavy (non-hydrogen) atoms. The maximum Gasteiger partial charge on any atom is 0.343 e. The second kappa shape index (κ2) is 7.41. The molecule has 2 rings (SSSR count). The largest absolute Gasteiger partial charge is 0.482 e. The van der Waals surface area contributed by atoms with E-state index in [1.54, 1.807) is 29.6 Å². The Kier molecular flexibility index (Phi) is 5.57. The molecule has 0 unspecified atom stereocenters. The fourth-order valence-corrected chi connectivity index (χ4v) is 2.82. The number of esters is 1. The molecule has 0 aliphatic rings. The zero-order chi connectivity index (χ0) is 15.2. The van der Waals surface area contributed by atoms with Gasteiger partial charge in [0.15, 0.2) is 6.61 Å². The number of methoxy groups -OCH3 is 1. The smallest absolute Gasteiger partial charge is 0.343 e. The van der Waals surface area contributed by atoms with Crippen LogP contribution >= 0.6 is 33.9 Å². The molecular formula is C14H12INO4S. The lowest BCUT2D eigenvalue weighted by molar-refractivity contribution is -0.142. The van der Waals surface area contributed by atoms with Crippen LogP contribution in [-0.2, 0) is 9.53 Å². The Morgan fingerprint density at radius 3 is 2.81 bits per heavy atom. The molecule has 0 spiro atoms. The van der Waals surface area contributed by atoms with E-state index in [1.165, 1.54) is 18.4 Å². The van der Waals surface area contributed by atoms with Gasteiger partial charge in [-0.05, 0) is 40.8 Å². The molecule has 0 aliphatic heterocycles. The van der Waals surface area contributed by atoms with Crippen molar-refractivity contribution in [2.45, 2.75) is 0 Å². The molecule has 0 bridgehead atoms. The average molecular weight is 417 g/mol. The summed E-state index contributed by atoms with van der Waals surface area (Å²) in [6.07, 6.45) is 0. The van der Waals surface area contributed by atoms with Gasteiger partial charge in [0.05, 0.1) is 15.6 Å². The summed E-state index contributed by atoms with van der Waals surface area (Å²) in [5.74, 6) is -0.158. The van der Waals surface area contributed by atoms with Crippen molar-refractivity contribution in [2.75, 3.05) is 19.0 Å². The minimum atomic E-state index is -0.461. The van der Waals surface area contributed by atoms with Crippen molar-refractivity contribution in [3.05, 3.63) is 44.2 Å². The monoisotopic (exact) mass is 417 g/mol. The Balaban J connectivity index is 2.00. The molecule has 1 N–H and O–H groups in total. The number of anilines is 1. The van der Waals surface area contributed by atoms with Crippen molar-refractivity contribution in [3.63, 3.8) is 0 Å². The number of halogens is 1. The number of ether oxygens (including phenoxy) is 2. The lowest BCUT2D eigenvalue weighted by atomic mass is 10.2. The van der Waals surface area contributed by atoms with Crippen LogP contribution in [0.3, 0.4) is 0 Å². The fraction of sp³-hybridized carbons (Fsp3) is 0.143. The molecular weight excluding hydrogens is 405 g/mol. The molecule has 0 saturated heterocycles. The molecule has 110 valence electrons. The molecule has 1 aromatic heterocycles. The predicted octanol–water partition coefficient (Wildman–Crippen LogP) is 3.16. The van der Waals surface area contributed by atoms with Crippen LogP contribution in [0.25, 0.3) is 0 Å². The highest BCUT2D eigenvalue weighted by atomic mass is 127. The van der Waals surface area contributed by atoms with Crippen LogP contribution in [0, 0.1) is 2.88 Å². The van der Waals surface area contributed by atoms with Crippen LogP contribution in [0.5, 0.6) is 5.75 Å². The summed E-state index contributed by atoms with van der Waals surface area (Å²) in [5, 5.41) is 4.58. The Bertz CT molecular complexity index is 656. The molecule has 0 aliphatic carbocycles. The summed E-state index contributed by atoms with van der Waals surface area (Å²) in [6.45, 7) is -0.170. The zero-order valence-electron chi connectivity index (χ0n) is 11.1. The topological polar surface area (TPSA) is 64.6 Å². The van der Waals surface area contributed by atoms with E-state index in [2.05, 4.69) is 32.6 Å². The van der Waals surface area contributed by atoms with Crippen molar-refractivity contribution in [2.24, 2.45) is 0 Å². The normalized spacial score (nSPS) is 10.0. The van der Waals surface area contributed by atoms with Gasteiger partial charge < -0.3 is 14.8 Å². The van der Waals surface area contributed by atoms with E-state index in [0.29, 0.717) is 17.0 Å². The lowest BCUT2D eigenvalue weighted by Gasteiger charge is -2.08. The third-order valence-electron chi connectivity index (χ3n) is 2.51. The summed E-state index contributed by atoms with van der Waals surface area (Å²) in [7, 11) is 1.30. The Hall–Kier alpha value is -1.61. The van der Waals surface area contributed by atoms with E-state index in [9.17, 15) is 9.59 Å². The van der Waals surface area contributed by atoms with Gasteiger partial charge in [-0.1, -0.05) is 6.07 Å². The molecule has 1 heterocycles. The number of carbonyl (C=O) groups is 2. The van der Waals surface area contributed by atoms with E-state index in [1.807, 2.05) is 6.07 Å². The van der Waals surface area contributed by atoms with E-state index >= 15 is 0 Å². The van der Waals surface area contributed by atoms with Gasteiger partial charge in [-0.25, -0.2) is 4.79 Å². The Labute approximate surface area is 139 Å². The number of benzene rings is 1. The quantitative estimate of drug-likeness (QED) is 0.600. The number of rotatable bonds is 5. The van der Waals surface area contributed by atoms with Gasteiger partial charge >= 0.3 is 5.97 Å². The summed E-state index contributed by atoms with van der Waals surface area (Å²) >= 11 is 3.68. The van der Waals surface area contributed by atoms with Gasteiger partial charge in [-0.2, -0.15) is 0 Å². The molecule has 2 aromatic rings. The van der Waals surface area contributed by atoms with Crippen LogP contribution in [0.4, 0.5) is 5.69 Å². The van der Waals surface area contributed by atoms with Gasteiger partial charge in [0.1, 0.15) is 5.75 Å². The predicted molar refractivity (Wildman–Crippen MR) is 88.9 cm³/mol. The van der Waals surface area contributed by atoms with Gasteiger partial charge in [0, 0.05) is 17.1 Å². The first-order chi connectivity index (χ1) is 10.1. The molecule has 0 saturated carbocycles. The second-order valence-corrected chi connectivity index (χ2v) is 6.79. The molecule has 5 nitrogen and oxygen atoms in total. The third kappa shape index (κ3) is 4.71. The first kappa shape index (κ1) is 15.8. The van der Waals surface area contributed by atoms with Crippen molar-refractivity contribution in [3.8, 4) is 5.75 Å². The number of hydrogen-bond donors (Lipinski definition) is 1. The zero-order valence-corrected chi connectivity index (χ0v) is 14.1. The minimum Gasteiger partial charge on any atom is -0.482 e. The number of hydrogen-bond acceptors (Lipinski definition) is 5. The first-order valence-corrected chi connectivity index (χ1v) is 7.89. The third-order valence-corrected chi connectivity index (χ3v) is 4.29. The van der Waals surface area contributed by atoms with Crippen molar-refractivity contribution < 1.29 is 19.1 Å². The molecule has 7 heteroatoms. The van der Waals surface area contributed by atoms with Crippen LogP contribution < -0.4 is 10.1 Å². The highest BCUT2D eigenvalue weighted by Gasteiger charge is 2.09. The van der Waals surface area contributed by atoms with Crippen LogP contribution in [-0.4, -0.2) is 25.6 Å². The number of nitrogens with one attached hydrogen (secondary N) is 1. The summed E-state index contributed by atoms with van der Waals surface area (Å²) in [5.41, 5.74) is 1.22. The Morgan fingerprint density at radius 1 is 1.33 bits per heavy atom. The fourth-order valence-electron chi connectivity index (χ4n) is 1.50. The number of carbonyl (C=O) groups excluding carboxylic acids is 2. The van der Waals surface area contributed by atoms with Crippen molar-refractivity contribution in [1.82, 2.24) is 0 Å². The summed E-state index contributed by atoms with van der Waals surface area (Å²) in [6, 6.07) is 8.66. The second-order valence-electron chi connectivity index (χ2n) is 3.99. The van der Waals surface area contributed by atoms with Crippen molar-refractivity contribution in [1.29, 1.82) is 0 Å². The molecule has 0 radical (unpaired) electrons. The van der Waals surface area contributed by atoms with E-state index in [-0.39, 0.29) is 12.5 Å². The van der Waals surface area contributed by atoms with Crippen LogP contribution in [0.2, 0.25) is 0 Å². The van der Waals surface area contributed by atoms with E-state index in [0.717, 1.165) is 2.88 Å². The van der Waals surface area contributed by atoms with Crippen LogP contribution in [0.1, 0.15) is 10.4 Å². The van der Waals surface area contributed by atoms with Crippen LogP contribution in [0.15, 0.2) is 35.7 Å². The maximum absolute atomic E-state index is 12.0. The summed E-state index contributed by atoms with van der Waals surface area (Å²) in [4.78, 5) is 23.0. The van der Waals surface area contributed by atoms with Crippen molar-refractivity contribution >= 4 is 51.5 Å². The lowest BCUT2D eigenvalue weighted by Crippen LogP contribution is -2.13. The molecule has 0 atom stereocenters. The SMILES string of the molecule is COC(=O)COc1cccc(NC(=O)c2csc(I)c2)c1. The number of thiophene rings is 1. The van der Waals surface area contributed by atoms with Gasteiger partial charge in [0.25, 0.3) is 5.91 Å². The molecule has 1 amide bonds. The van der Waals surface area contributed by atoms with E-state index in [4.69, 9.17) is 4.74 Å².